The molecule has 0 saturated carbocycles. The molecule has 8 N–H and O–H groups in total. The number of aliphatic hydroxyl groups is 1. The monoisotopic (exact) mass is 1090 g/mol. The van der Waals surface area contributed by atoms with Crippen LogP contribution in [0.2, 0.25) is 0 Å². The normalized spacial score (nSPS) is 17.7. The van der Waals surface area contributed by atoms with Crippen LogP contribution in [0.3, 0.4) is 0 Å². The van der Waals surface area contributed by atoms with Crippen LogP contribution in [0, 0.1) is 11.8 Å². The smallest absolute Gasteiger partial charge is 0.407 e. The molecule has 4 aromatic carbocycles. The van der Waals surface area contributed by atoms with E-state index in [1.807, 2.05) is 92.3 Å². The minimum atomic E-state index is -1.20. The molecule has 420 valence electrons. The Morgan fingerprint density at radius 1 is 0.641 bits per heavy atom. The number of hydrogen-bond acceptors (Lipinski definition) is 10. The van der Waals surface area contributed by atoms with E-state index < -0.39 is 59.6 Å². The number of rotatable bonds is 30. The first-order valence-corrected chi connectivity index (χ1v) is 28.7. The number of unbranched alkanes of at least 4 members (excludes halogenated alkanes) is 3. The van der Waals surface area contributed by atoms with Gasteiger partial charge in [-0.25, -0.2) is 9.59 Å². The highest BCUT2D eigenvalue weighted by atomic mass is 32.2. The summed E-state index contributed by atoms with van der Waals surface area (Å²) in [6, 6.07) is 32.0. The lowest BCUT2D eigenvalue weighted by atomic mass is 9.88. The summed E-state index contributed by atoms with van der Waals surface area (Å²) in [5, 5.41) is 33.1. The fourth-order valence-corrected chi connectivity index (χ4v) is 11.4. The average molecular weight is 1090 g/mol. The van der Waals surface area contributed by atoms with Gasteiger partial charge in [-0.1, -0.05) is 136 Å². The average Bonchev–Trinajstić information content (AvgIpc) is 3.97. The van der Waals surface area contributed by atoms with Gasteiger partial charge in [-0.05, 0) is 101 Å². The Labute approximate surface area is 464 Å². The van der Waals surface area contributed by atoms with Gasteiger partial charge in [0.2, 0.25) is 23.6 Å². The minimum absolute atomic E-state index is 0.00322. The predicted octanol–water partition coefficient (Wildman–Crippen LogP) is 7.35. The van der Waals surface area contributed by atoms with E-state index in [2.05, 4.69) is 37.2 Å². The maximum Gasteiger partial charge on any atom is 0.407 e. The van der Waals surface area contributed by atoms with Crippen LogP contribution in [0.5, 0.6) is 0 Å². The molecule has 17 heteroatoms. The molecule has 7 amide bonds. The fraction of sp³-hybridized carbons (Fsp3) is 0.492. The molecule has 0 aliphatic carbocycles. The molecule has 0 aromatic heterocycles. The van der Waals surface area contributed by atoms with Crippen molar-refractivity contribution >= 4 is 53.3 Å². The second-order valence-corrected chi connectivity index (χ2v) is 23.3. The molecule has 4 aromatic rings. The molecule has 8 atom stereocenters. The second kappa shape index (κ2) is 30.4. The molecule has 2 aliphatic rings. The number of fused-ring (bicyclic) bond motifs is 1. The third-order valence-electron chi connectivity index (χ3n) is 13.9. The van der Waals surface area contributed by atoms with Crippen LogP contribution in [0.25, 0.3) is 0 Å². The summed E-state index contributed by atoms with van der Waals surface area (Å²) in [6.07, 6.45) is 4.02. The van der Waals surface area contributed by atoms with E-state index in [9.17, 15) is 38.7 Å². The van der Waals surface area contributed by atoms with Gasteiger partial charge in [0.05, 0.1) is 24.2 Å². The SMILES string of the molecule is CC(C)C[C@H](NC(=O)[C@H](Cc1ccccc1)C[C@H](O)[C@H](Cc1ccccc1)NC(=O)OC(C)(C)C)C(=O)N[C@@H](Cc1ccc(C(=O)c2ccccc2)cc1)C(=O)NCCCCCNC(=O)CCCCC1SCC2NC(=O)NC21. The first-order valence-electron chi connectivity index (χ1n) is 27.7. The lowest BCUT2D eigenvalue weighted by Gasteiger charge is -2.30. The Hall–Kier alpha value is -6.72. The fourth-order valence-electron chi connectivity index (χ4n) is 9.86. The third kappa shape index (κ3) is 20.3. The third-order valence-corrected chi connectivity index (χ3v) is 15.4. The number of urea groups is 1. The lowest BCUT2D eigenvalue weighted by molar-refractivity contribution is -0.134. The molecule has 3 unspecified atom stereocenters. The summed E-state index contributed by atoms with van der Waals surface area (Å²) in [5.74, 6) is -1.57. The number of ketones is 1. The zero-order valence-electron chi connectivity index (χ0n) is 45.9. The molecule has 0 spiro atoms. The van der Waals surface area contributed by atoms with Crippen molar-refractivity contribution < 1.29 is 43.4 Å². The summed E-state index contributed by atoms with van der Waals surface area (Å²) in [5.41, 5.74) is 2.63. The Kier molecular flexibility index (Phi) is 23.6. The maximum absolute atomic E-state index is 14.6. The standard InChI is InChI=1S/C61H81N7O9S/c1-40(2)34-48(64-56(72)46(35-41-20-10-6-11-21-41)38-51(69)47(36-42-22-12-7-13-23-42)67-60(76)77-61(3,4)5)58(74)65-49(37-43-28-30-45(31-29-43)55(71)44-24-14-8-15-25-44)57(73)63-33-19-9-18-32-62-53(70)27-17-16-26-52-54-50(39-78-52)66-59(75)68-54/h6-8,10-15,20-25,28-31,40,46-52,54,69H,9,16-19,26-27,32-39H2,1-5H3,(H,62,70)(H,63,73)(H,64,72)(H,65,74)(H,67,76)(H2,66,68,75)/t46-,47+,48+,49+,50?,51+,52?,54?/m1/s1. The van der Waals surface area contributed by atoms with Gasteiger partial charge >= 0.3 is 12.1 Å². The molecule has 2 aliphatic heterocycles. The topological polar surface area (TPSA) is 233 Å². The summed E-state index contributed by atoms with van der Waals surface area (Å²) in [4.78, 5) is 94.0. The first-order chi connectivity index (χ1) is 37.4. The zero-order valence-corrected chi connectivity index (χ0v) is 46.7. The number of amides is 7. The summed E-state index contributed by atoms with van der Waals surface area (Å²) < 4.78 is 5.57. The van der Waals surface area contributed by atoms with Crippen LogP contribution >= 0.6 is 11.8 Å². The van der Waals surface area contributed by atoms with Crippen LogP contribution in [-0.4, -0.2) is 113 Å². The molecule has 2 saturated heterocycles. The Bertz CT molecular complexity index is 2570. The molecular weight excluding hydrogens is 1010 g/mol. The number of aliphatic hydroxyl groups excluding tert-OH is 1. The number of ether oxygens (including phenoxy) is 1. The Morgan fingerprint density at radius 3 is 1.87 bits per heavy atom. The molecule has 78 heavy (non-hydrogen) atoms. The van der Waals surface area contributed by atoms with E-state index in [0.717, 1.165) is 49.0 Å². The van der Waals surface area contributed by atoms with Crippen molar-refractivity contribution in [3.63, 3.8) is 0 Å². The largest absolute Gasteiger partial charge is 0.444 e. The van der Waals surface area contributed by atoms with Crippen LogP contribution in [0.15, 0.2) is 115 Å². The van der Waals surface area contributed by atoms with Crippen molar-refractivity contribution in [3.8, 4) is 0 Å². The van der Waals surface area contributed by atoms with Crippen LogP contribution in [-0.2, 0) is 43.2 Å². The van der Waals surface area contributed by atoms with Gasteiger partial charge in [-0.2, -0.15) is 11.8 Å². The molecule has 2 fully saturated rings. The Balaban J connectivity index is 1.09. The van der Waals surface area contributed by atoms with Gasteiger partial charge < -0.3 is 47.1 Å². The summed E-state index contributed by atoms with van der Waals surface area (Å²) in [6.45, 7) is 9.96. The predicted molar refractivity (Wildman–Crippen MR) is 305 cm³/mol. The van der Waals surface area contributed by atoms with Crippen molar-refractivity contribution in [1.29, 1.82) is 0 Å². The molecular formula is C61H81N7O9S. The minimum Gasteiger partial charge on any atom is -0.444 e. The van der Waals surface area contributed by atoms with Crippen LogP contribution in [0.4, 0.5) is 9.59 Å². The van der Waals surface area contributed by atoms with Crippen molar-refractivity contribution in [1.82, 2.24) is 37.2 Å². The van der Waals surface area contributed by atoms with E-state index in [1.165, 1.54) is 0 Å². The van der Waals surface area contributed by atoms with Gasteiger partial charge in [-0.15, -0.1) is 0 Å². The highest BCUT2D eigenvalue weighted by Gasteiger charge is 2.42. The highest BCUT2D eigenvalue weighted by molar-refractivity contribution is 8.00. The number of alkyl carbamates (subject to hydrolysis) is 1. The molecule has 0 radical (unpaired) electrons. The van der Waals surface area contributed by atoms with Crippen molar-refractivity contribution in [2.75, 3.05) is 18.8 Å². The lowest BCUT2D eigenvalue weighted by Crippen LogP contribution is -2.56. The summed E-state index contributed by atoms with van der Waals surface area (Å²) >= 11 is 1.87. The highest BCUT2D eigenvalue weighted by Crippen LogP contribution is 2.33. The van der Waals surface area contributed by atoms with E-state index in [1.54, 1.807) is 69.3 Å². The van der Waals surface area contributed by atoms with Gasteiger partial charge in [0.1, 0.15) is 17.7 Å². The van der Waals surface area contributed by atoms with Gasteiger partial charge in [0, 0.05) is 54.0 Å². The van der Waals surface area contributed by atoms with E-state index >= 15 is 0 Å². The van der Waals surface area contributed by atoms with E-state index in [0.29, 0.717) is 47.9 Å². The number of thioether (sulfide) groups is 1. The van der Waals surface area contributed by atoms with E-state index in [4.69, 9.17) is 4.74 Å². The van der Waals surface area contributed by atoms with Gasteiger partial charge in [0.15, 0.2) is 5.78 Å². The van der Waals surface area contributed by atoms with Gasteiger partial charge in [-0.3, -0.25) is 24.0 Å². The van der Waals surface area contributed by atoms with Crippen LogP contribution in [0.1, 0.15) is 125 Å². The number of hydrogen-bond donors (Lipinski definition) is 8. The Morgan fingerprint density at radius 2 is 1.23 bits per heavy atom. The molecule has 16 nitrogen and oxygen atoms in total. The summed E-state index contributed by atoms with van der Waals surface area (Å²) in [7, 11) is 0. The molecule has 6 rings (SSSR count). The number of carbonyl (C=O) groups is 7. The van der Waals surface area contributed by atoms with Crippen molar-refractivity contribution in [2.24, 2.45) is 11.8 Å². The number of nitrogens with one attached hydrogen (secondary N) is 7. The molecule has 2 heterocycles. The number of carbonyl (C=O) groups excluding carboxylic acids is 7. The quantitative estimate of drug-likeness (QED) is 0.0147. The van der Waals surface area contributed by atoms with Crippen molar-refractivity contribution in [2.45, 2.75) is 159 Å². The second-order valence-electron chi connectivity index (χ2n) is 22.0. The number of benzene rings is 4. The van der Waals surface area contributed by atoms with E-state index in [-0.39, 0.29) is 67.8 Å². The molecule has 0 bridgehead atoms. The zero-order chi connectivity index (χ0) is 56.0. The van der Waals surface area contributed by atoms with Gasteiger partial charge in [0.25, 0.3) is 0 Å². The first kappa shape index (κ1) is 60.5. The van der Waals surface area contributed by atoms with Crippen LogP contribution < -0.4 is 37.2 Å². The maximum atomic E-state index is 14.6. The van der Waals surface area contributed by atoms with Crippen molar-refractivity contribution in [3.05, 3.63) is 143 Å².